The fourth-order valence-electron chi connectivity index (χ4n) is 1.80. The van der Waals surface area contributed by atoms with Crippen molar-refractivity contribution in [3.63, 3.8) is 0 Å². The molecular weight excluding hydrogens is 214 g/mol. The van der Waals surface area contributed by atoms with Gasteiger partial charge in [-0.25, -0.2) is 0 Å². The first-order valence-electron chi connectivity index (χ1n) is 5.33. The van der Waals surface area contributed by atoms with Crippen LogP contribution < -0.4 is 5.73 Å². The number of rotatable bonds is 3. The number of hydrogen-bond acceptors (Lipinski definition) is 2. The van der Waals surface area contributed by atoms with Crippen molar-refractivity contribution in [2.24, 2.45) is 0 Å². The third kappa shape index (κ3) is 2.45. The lowest BCUT2D eigenvalue weighted by atomic mass is 9.99. The molecule has 0 atom stereocenters. The molecular formula is C14H13NO2. The second-order valence-electron chi connectivity index (χ2n) is 3.81. The number of aliphatic carboxylic acids is 1. The standard InChI is InChI=1S/C14H13NO2/c15-14-11(9-13(16)17)7-4-8-12(14)10-5-2-1-3-6-10/h1-8H,9,15H2,(H,16,17). The predicted octanol–water partition coefficient (Wildman–Crippen LogP) is 2.56. The van der Waals surface area contributed by atoms with E-state index in [4.69, 9.17) is 10.8 Å². The summed E-state index contributed by atoms with van der Waals surface area (Å²) >= 11 is 0. The monoisotopic (exact) mass is 227 g/mol. The Hall–Kier alpha value is -2.29. The largest absolute Gasteiger partial charge is 0.481 e. The Labute approximate surface area is 99.5 Å². The van der Waals surface area contributed by atoms with Crippen molar-refractivity contribution in [3.8, 4) is 11.1 Å². The molecule has 3 heteroatoms. The van der Waals surface area contributed by atoms with E-state index in [1.807, 2.05) is 42.5 Å². The lowest BCUT2D eigenvalue weighted by Gasteiger charge is -2.09. The number of benzene rings is 2. The van der Waals surface area contributed by atoms with Crippen LogP contribution >= 0.6 is 0 Å². The number of para-hydroxylation sites is 1. The fourth-order valence-corrected chi connectivity index (χ4v) is 1.80. The van der Waals surface area contributed by atoms with Crippen LogP contribution in [0.15, 0.2) is 48.5 Å². The number of carbonyl (C=O) groups is 1. The lowest BCUT2D eigenvalue weighted by Crippen LogP contribution is -2.04. The Kier molecular flexibility index (Phi) is 3.10. The van der Waals surface area contributed by atoms with Crippen LogP contribution in [0.5, 0.6) is 0 Å². The Balaban J connectivity index is 2.46. The molecule has 2 aromatic carbocycles. The highest BCUT2D eigenvalue weighted by molar-refractivity contribution is 5.82. The van der Waals surface area contributed by atoms with Crippen molar-refractivity contribution in [1.29, 1.82) is 0 Å². The molecule has 0 unspecified atom stereocenters. The summed E-state index contributed by atoms with van der Waals surface area (Å²) in [5, 5.41) is 8.80. The molecule has 0 saturated heterocycles. The quantitative estimate of drug-likeness (QED) is 0.792. The van der Waals surface area contributed by atoms with Gasteiger partial charge in [-0.05, 0) is 11.1 Å². The first kappa shape index (κ1) is 11.2. The zero-order chi connectivity index (χ0) is 12.3. The van der Waals surface area contributed by atoms with Crippen LogP contribution in [0.25, 0.3) is 11.1 Å². The van der Waals surface area contributed by atoms with Crippen molar-refractivity contribution >= 4 is 11.7 Å². The predicted molar refractivity (Wildman–Crippen MR) is 67.6 cm³/mol. The first-order valence-corrected chi connectivity index (χ1v) is 5.33. The van der Waals surface area contributed by atoms with Gasteiger partial charge in [0, 0.05) is 11.3 Å². The molecule has 0 fully saturated rings. The number of carboxylic acid groups (broad SMARTS) is 1. The highest BCUT2D eigenvalue weighted by atomic mass is 16.4. The zero-order valence-corrected chi connectivity index (χ0v) is 9.26. The maximum Gasteiger partial charge on any atom is 0.307 e. The molecule has 0 bridgehead atoms. The van der Waals surface area contributed by atoms with Crippen molar-refractivity contribution in [3.05, 3.63) is 54.1 Å². The number of nitrogen functional groups attached to an aromatic ring is 1. The van der Waals surface area contributed by atoms with E-state index in [0.29, 0.717) is 11.3 Å². The molecule has 86 valence electrons. The summed E-state index contributed by atoms with van der Waals surface area (Å²) in [4.78, 5) is 10.7. The number of carboxylic acids is 1. The molecule has 0 saturated carbocycles. The van der Waals surface area contributed by atoms with E-state index in [2.05, 4.69) is 0 Å². The minimum atomic E-state index is -0.873. The Morgan fingerprint density at radius 3 is 2.41 bits per heavy atom. The van der Waals surface area contributed by atoms with Crippen molar-refractivity contribution < 1.29 is 9.90 Å². The molecule has 0 heterocycles. The van der Waals surface area contributed by atoms with Gasteiger partial charge >= 0.3 is 5.97 Å². The Bertz CT molecular complexity index is 535. The van der Waals surface area contributed by atoms with Gasteiger partial charge < -0.3 is 10.8 Å². The first-order chi connectivity index (χ1) is 8.18. The topological polar surface area (TPSA) is 63.3 Å². The summed E-state index contributed by atoms with van der Waals surface area (Å²) < 4.78 is 0. The lowest BCUT2D eigenvalue weighted by molar-refractivity contribution is -0.136. The molecule has 2 rings (SSSR count). The van der Waals surface area contributed by atoms with Crippen LogP contribution in [0, 0.1) is 0 Å². The van der Waals surface area contributed by atoms with Crippen LogP contribution in [-0.2, 0) is 11.2 Å². The second kappa shape index (κ2) is 4.70. The maximum absolute atomic E-state index is 10.7. The van der Waals surface area contributed by atoms with E-state index in [0.717, 1.165) is 11.1 Å². The molecule has 0 aliphatic rings. The Morgan fingerprint density at radius 1 is 1.06 bits per heavy atom. The zero-order valence-electron chi connectivity index (χ0n) is 9.26. The van der Waals surface area contributed by atoms with E-state index >= 15 is 0 Å². The van der Waals surface area contributed by atoms with Crippen molar-refractivity contribution in [1.82, 2.24) is 0 Å². The molecule has 3 nitrogen and oxygen atoms in total. The summed E-state index contributed by atoms with van der Waals surface area (Å²) in [6, 6.07) is 15.2. The molecule has 0 spiro atoms. The van der Waals surface area contributed by atoms with E-state index in [-0.39, 0.29) is 6.42 Å². The fraction of sp³-hybridized carbons (Fsp3) is 0.0714. The molecule has 0 amide bonds. The van der Waals surface area contributed by atoms with Crippen LogP contribution in [0.2, 0.25) is 0 Å². The summed E-state index contributed by atoms with van der Waals surface area (Å²) in [5.41, 5.74) is 9.07. The smallest absolute Gasteiger partial charge is 0.307 e. The summed E-state index contributed by atoms with van der Waals surface area (Å²) in [6.45, 7) is 0. The van der Waals surface area contributed by atoms with Crippen LogP contribution in [0.4, 0.5) is 5.69 Å². The van der Waals surface area contributed by atoms with Crippen molar-refractivity contribution in [2.75, 3.05) is 5.73 Å². The van der Waals surface area contributed by atoms with Gasteiger partial charge in [0.15, 0.2) is 0 Å². The molecule has 0 aliphatic heterocycles. The van der Waals surface area contributed by atoms with Gasteiger partial charge in [0.05, 0.1) is 6.42 Å². The van der Waals surface area contributed by atoms with Crippen molar-refractivity contribution in [2.45, 2.75) is 6.42 Å². The van der Waals surface area contributed by atoms with Gasteiger partial charge in [0.1, 0.15) is 0 Å². The number of hydrogen-bond donors (Lipinski definition) is 2. The third-order valence-electron chi connectivity index (χ3n) is 2.62. The van der Waals surface area contributed by atoms with E-state index < -0.39 is 5.97 Å². The maximum atomic E-state index is 10.7. The van der Waals surface area contributed by atoms with E-state index in [9.17, 15) is 4.79 Å². The van der Waals surface area contributed by atoms with Gasteiger partial charge in [-0.1, -0.05) is 48.5 Å². The molecule has 0 aromatic heterocycles. The second-order valence-corrected chi connectivity index (χ2v) is 3.81. The minimum absolute atomic E-state index is 0.0491. The molecule has 0 radical (unpaired) electrons. The average molecular weight is 227 g/mol. The van der Waals surface area contributed by atoms with Crippen LogP contribution in [0.1, 0.15) is 5.56 Å². The molecule has 3 N–H and O–H groups in total. The molecule has 0 aliphatic carbocycles. The highest BCUT2D eigenvalue weighted by Crippen LogP contribution is 2.28. The van der Waals surface area contributed by atoms with Gasteiger partial charge in [-0.2, -0.15) is 0 Å². The van der Waals surface area contributed by atoms with Gasteiger partial charge in [-0.3, -0.25) is 4.79 Å². The normalized spacial score (nSPS) is 10.1. The molecule has 2 aromatic rings. The average Bonchev–Trinajstić information content (AvgIpc) is 2.32. The van der Waals surface area contributed by atoms with Gasteiger partial charge in [0.25, 0.3) is 0 Å². The van der Waals surface area contributed by atoms with Crippen LogP contribution in [-0.4, -0.2) is 11.1 Å². The number of nitrogens with two attached hydrogens (primary N) is 1. The SMILES string of the molecule is Nc1c(CC(=O)O)cccc1-c1ccccc1. The van der Waals surface area contributed by atoms with E-state index in [1.165, 1.54) is 0 Å². The highest BCUT2D eigenvalue weighted by Gasteiger charge is 2.09. The minimum Gasteiger partial charge on any atom is -0.481 e. The van der Waals surface area contributed by atoms with Crippen LogP contribution in [0.3, 0.4) is 0 Å². The van der Waals surface area contributed by atoms with Gasteiger partial charge in [-0.15, -0.1) is 0 Å². The van der Waals surface area contributed by atoms with Gasteiger partial charge in [0.2, 0.25) is 0 Å². The third-order valence-corrected chi connectivity index (χ3v) is 2.62. The Morgan fingerprint density at radius 2 is 1.76 bits per heavy atom. The summed E-state index contributed by atoms with van der Waals surface area (Å²) in [5.74, 6) is -0.873. The van der Waals surface area contributed by atoms with E-state index in [1.54, 1.807) is 6.07 Å². The number of anilines is 1. The summed E-state index contributed by atoms with van der Waals surface area (Å²) in [6.07, 6.45) is -0.0491. The molecule has 17 heavy (non-hydrogen) atoms. The summed E-state index contributed by atoms with van der Waals surface area (Å²) in [7, 11) is 0.